The molecular formula is C23H23F3N4O3. The Labute approximate surface area is 188 Å². The molecule has 1 aromatic heterocycles. The Hall–Kier alpha value is -3.82. The van der Waals surface area contributed by atoms with Gasteiger partial charge >= 0.3 is 6.18 Å². The Morgan fingerprint density at radius 3 is 2.33 bits per heavy atom. The number of halogens is 3. The molecule has 0 atom stereocenters. The molecule has 2 amide bonds. The van der Waals surface area contributed by atoms with Gasteiger partial charge in [0.25, 0.3) is 11.8 Å². The Morgan fingerprint density at radius 2 is 1.76 bits per heavy atom. The van der Waals surface area contributed by atoms with Crippen LogP contribution >= 0.6 is 0 Å². The number of benzene rings is 2. The third-order valence-corrected chi connectivity index (χ3v) is 4.99. The first-order valence-corrected chi connectivity index (χ1v) is 10.2. The molecule has 0 saturated carbocycles. The van der Waals surface area contributed by atoms with Crippen molar-refractivity contribution >= 4 is 17.5 Å². The average Bonchev–Trinajstić information content (AvgIpc) is 3.24. The molecule has 0 unspecified atom stereocenters. The van der Waals surface area contributed by atoms with Crippen LogP contribution in [0.3, 0.4) is 0 Å². The van der Waals surface area contributed by atoms with E-state index in [2.05, 4.69) is 10.4 Å². The maximum absolute atomic E-state index is 13.0. The maximum Gasteiger partial charge on any atom is 0.416 e. The van der Waals surface area contributed by atoms with E-state index in [1.165, 1.54) is 25.4 Å². The van der Waals surface area contributed by atoms with Crippen LogP contribution in [-0.4, -0.2) is 46.7 Å². The van der Waals surface area contributed by atoms with Gasteiger partial charge in [-0.25, -0.2) is 4.68 Å². The van der Waals surface area contributed by atoms with E-state index in [1.54, 1.807) is 29.2 Å². The van der Waals surface area contributed by atoms with Gasteiger partial charge in [0, 0.05) is 24.3 Å². The molecule has 0 aliphatic rings. The molecule has 0 fully saturated rings. The number of anilines is 1. The predicted octanol–water partition coefficient (Wildman–Crippen LogP) is 4.63. The van der Waals surface area contributed by atoms with Gasteiger partial charge in [-0.15, -0.1) is 0 Å². The van der Waals surface area contributed by atoms with E-state index in [9.17, 15) is 22.8 Å². The molecule has 0 radical (unpaired) electrons. The van der Waals surface area contributed by atoms with E-state index in [0.717, 1.165) is 16.8 Å². The molecule has 0 spiro atoms. The number of hydrogen-bond acceptors (Lipinski definition) is 4. The second-order valence-electron chi connectivity index (χ2n) is 7.05. The van der Waals surface area contributed by atoms with Crippen molar-refractivity contribution in [2.24, 2.45) is 0 Å². The lowest BCUT2D eigenvalue weighted by molar-refractivity contribution is -0.137. The van der Waals surface area contributed by atoms with Crippen molar-refractivity contribution in [2.75, 3.05) is 25.5 Å². The Bertz CT molecular complexity index is 1140. The third kappa shape index (κ3) is 5.33. The van der Waals surface area contributed by atoms with Crippen molar-refractivity contribution in [1.29, 1.82) is 0 Å². The molecule has 3 aromatic rings. The van der Waals surface area contributed by atoms with Crippen LogP contribution in [0.15, 0.2) is 54.7 Å². The summed E-state index contributed by atoms with van der Waals surface area (Å²) in [5.41, 5.74) is 0.106. The van der Waals surface area contributed by atoms with E-state index >= 15 is 0 Å². The van der Waals surface area contributed by atoms with E-state index in [-0.39, 0.29) is 23.0 Å². The van der Waals surface area contributed by atoms with Crippen LogP contribution in [-0.2, 0) is 6.18 Å². The number of hydrogen-bond donors (Lipinski definition) is 1. The van der Waals surface area contributed by atoms with Gasteiger partial charge < -0.3 is 15.0 Å². The minimum absolute atomic E-state index is 0.0956. The summed E-state index contributed by atoms with van der Waals surface area (Å²) >= 11 is 0. The van der Waals surface area contributed by atoms with E-state index in [0.29, 0.717) is 24.3 Å². The molecule has 1 N–H and O–H groups in total. The lowest BCUT2D eigenvalue weighted by atomic mass is 10.1. The number of amides is 2. The summed E-state index contributed by atoms with van der Waals surface area (Å²) in [5.74, 6) is -0.627. The largest absolute Gasteiger partial charge is 0.493 e. The highest BCUT2D eigenvalue weighted by molar-refractivity contribution is 6.05. The lowest BCUT2D eigenvalue weighted by Crippen LogP contribution is -2.30. The van der Waals surface area contributed by atoms with Crippen LogP contribution in [0.2, 0.25) is 0 Å². The normalized spacial score (nSPS) is 11.2. The van der Waals surface area contributed by atoms with Gasteiger partial charge in [0.05, 0.1) is 24.6 Å². The van der Waals surface area contributed by atoms with Gasteiger partial charge in [0.15, 0.2) is 11.4 Å². The average molecular weight is 460 g/mol. The van der Waals surface area contributed by atoms with Gasteiger partial charge in [-0.05, 0) is 56.3 Å². The van der Waals surface area contributed by atoms with Crippen LogP contribution < -0.4 is 10.1 Å². The second kappa shape index (κ2) is 9.76. The standard InChI is InChI=1S/C23H23F3N4O3/c1-4-29(5-2)22(32)15-9-11-17(12-10-15)27-21(31)20-19(33-3)14-30(28-20)18-8-6-7-16(13-18)23(24,25)26/h6-14H,4-5H2,1-3H3,(H,27,31). The lowest BCUT2D eigenvalue weighted by Gasteiger charge is -2.18. The number of ether oxygens (including phenoxy) is 1. The zero-order chi connectivity index (χ0) is 24.2. The van der Waals surface area contributed by atoms with Crippen molar-refractivity contribution in [3.05, 3.63) is 71.5 Å². The van der Waals surface area contributed by atoms with Gasteiger partial charge in [0.2, 0.25) is 0 Å². The minimum atomic E-state index is -4.51. The van der Waals surface area contributed by atoms with Crippen molar-refractivity contribution in [1.82, 2.24) is 14.7 Å². The molecule has 1 heterocycles. The van der Waals surface area contributed by atoms with E-state index in [1.807, 2.05) is 13.8 Å². The maximum atomic E-state index is 13.0. The number of nitrogens with one attached hydrogen (secondary N) is 1. The Kier molecular flexibility index (Phi) is 7.05. The van der Waals surface area contributed by atoms with Crippen LogP contribution in [0, 0.1) is 0 Å². The molecule has 10 heteroatoms. The molecule has 174 valence electrons. The number of carbonyl (C=O) groups is 2. The first-order chi connectivity index (χ1) is 15.7. The fraction of sp³-hybridized carbons (Fsp3) is 0.261. The topological polar surface area (TPSA) is 76.5 Å². The monoisotopic (exact) mass is 460 g/mol. The Balaban J connectivity index is 1.81. The summed E-state index contributed by atoms with van der Waals surface area (Å²) in [6, 6.07) is 11.0. The van der Waals surface area contributed by atoms with Gasteiger partial charge in [-0.1, -0.05) is 6.07 Å². The molecule has 3 rings (SSSR count). The summed E-state index contributed by atoms with van der Waals surface area (Å²) in [7, 11) is 1.33. The highest BCUT2D eigenvalue weighted by Crippen LogP contribution is 2.31. The van der Waals surface area contributed by atoms with Crippen LogP contribution in [0.4, 0.5) is 18.9 Å². The van der Waals surface area contributed by atoms with Crippen molar-refractivity contribution in [3.8, 4) is 11.4 Å². The van der Waals surface area contributed by atoms with E-state index < -0.39 is 17.6 Å². The summed E-state index contributed by atoms with van der Waals surface area (Å²) in [6.07, 6.45) is -3.18. The predicted molar refractivity (Wildman–Crippen MR) is 117 cm³/mol. The number of aromatic nitrogens is 2. The quantitative estimate of drug-likeness (QED) is 0.558. The molecule has 0 bridgehead atoms. The Morgan fingerprint density at radius 1 is 1.09 bits per heavy atom. The van der Waals surface area contributed by atoms with Crippen LogP contribution in [0.25, 0.3) is 5.69 Å². The van der Waals surface area contributed by atoms with Crippen LogP contribution in [0.5, 0.6) is 5.75 Å². The summed E-state index contributed by atoms with van der Waals surface area (Å²) in [5, 5.41) is 6.77. The summed E-state index contributed by atoms with van der Waals surface area (Å²) in [6.45, 7) is 4.95. The van der Waals surface area contributed by atoms with Crippen molar-refractivity contribution in [3.63, 3.8) is 0 Å². The van der Waals surface area contributed by atoms with Crippen molar-refractivity contribution < 1.29 is 27.5 Å². The fourth-order valence-electron chi connectivity index (χ4n) is 3.20. The molecule has 7 nitrogen and oxygen atoms in total. The molecule has 0 aliphatic carbocycles. The van der Waals surface area contributed by atoms with Crippen LogP contribution in [0.1, 0.15) is 40.3 Å². The first kappa shape index (κ1) is 23.8. The van der Waals surface area contributed by atoms with Crippen molar-refractivity contribution in [2.45, 2.75) is 20.0 Å². The highest BCUT2D eigenvalue weighted by Gasteiger charge is 2.30. The number of carbonyl (C=O) groups excluding carboxylic acids is 2. The number of alkyl halides is 3. The molecule has 2 aromatic carbocycles. The SMILES string of the molecule is CCN(CC)C(=O)c1ccc(NC(=O)c2nn(-c3cccc(C(F)(F)F)c3)cc2OC)cc1. The highest BCUT2D eigenvalue weighted by atomic mass is 19.4. The third-order valence-electron chi connectivity index (χ3n) is 4.99. The molecule has 0 aliphatic heterocycles. The smallest absolute Gasteiger partial charge is 0.416 e. The first-order valence-electron chi connectivity index (χ1n) is 10.2. The zero-order valence-corrected chi connectivity index (χ0v) is 18.3. The number of methoxy groups -OCH3 is 1. The molecule has 33 heavy (non-hydrogen) atoms. The second-order valence-corrected chi connectivity index (χ2v) is 7.05. The summed E-state index contributed by atoms with van der Waals surface area (Å²) in [4.78, 5) is 26.8. The fourth-order valence-corrected chi connectivity index (χ4v) is 3.20. The van der Waals surface area contributed by atoms with Gasteiger partial charge in [-0.3, -0.25) is 9.59 Å². The molecular weight excluding hydrogens is 437 g/mol. The zero-order valence-electron chi connectivity index (χ0n) is 18.3. The number of rotatable bonds is 7. The van der Waals surface area contributed by atoms with Gasteiger partial charge in [-0.2, -0.15) is 18.3 Å². The van der Waals surface area contributed by atoms with Gasteiger partial charge in [0.1, 0.15) is 0 Å². The molecule has 0 saturated heterocycles. The number of nitrogens with zero attached hydrogens (tertiary/aromatic N) is 3. The minimum Gasteiger partial charge on any atom is -0.493 e. The summed E-state index contributed by atoms with van der Waals surface area (Å²) < 4.78 is 45.4. The van der Waals surface area contributed by atoms with E-state index in [4.69, 9.17) is 4.74 Å².